The molecule has 0 saturated carbocycles. The molecule has 0 radical (unpaired) electrons. The molecule has 2 atom stereocenters. The van der Waals surface area contributed by atoms with Crippen molar-refractivity contribution in [3.05, 3.63) is 57.6 Å². The first-order chi connectivity index (χ1) is 13.0. The Hall–Kier alpha value is -2.54. The van der Waals surface area contributed by atoms with Gasteiger partial charge in [0.2, 0.25) is 0 Å². The van der Waals surface area contributed by atoms with Gasteiger partial charge in [0.15, 0.2) is 12.1 Å². The van der Waals surface area contributed by atoms with Crippen LogP contribution in [-0.4, -0.2) is 23.9 Å². The molecule has 1 saturated heterocycles. The second-order valence-electron chi connectivity index (χ2n) is 7.19. The molecule has 3 aliphatic rings. The third kappa shape index (κ3) is 2.45. The van der Waals surface area contributed by atoms with Gasteiger partial charge in [0, 0.05) is 4.47 Å². The molecule has 136 valence electrons. The number of rotatable bonds is 2. The molecule has 2 aromatic carbocycles. The van der Waals surface area contributed by atoms with Crippen LogP contribution in [0.25, 0.3) is 0 Å². The van der Waals surface area contributed by atoms with Gasteiger partial charge in [-0.05, 0) is 73.2 Å². The first kappa shape index (κ1) is 16.6. The van der Waals surface area contributed by atoms with Crippen LogP contribution in [0.4, 0.5) is 11.4 Å². The van der Waals surface area contributed by atoms with Gasteiger partial charge in [-0.3, -0.25) is 9.59 Å². The van der Waals surface area contributed by atoms with E-state index in [1.807, 2.05) is 43.3 Å². The summed E-state index contributed by atoms with van der Waals surface area (Å²) < 4.78 is 0.979. The Morgan fingerprint density at radius 1 is 1.00 bits per heavy atom. The number of amides is 2. The summed E-state index contributed by atoms with van der Waals surface area (Å²) in [6.07, 6.45) is 3.18. The Morgan fingerprint density at radius 2 is 1.78 bits per heavy atom. The lowest BCUT2D eigenvalue weighted by Gasteiger charge is -2.21. The van der Waals surface area contributed by atoms with E-state index in [1.165, 1.54) is 16.0 Å². The minimum absolute atomic E-state index is 0.270. The summed E-state index contributed by atoms with van der Waals surface area (Å²) in [6, 6.07) is 10.1. The maximum absolute atomic E-state index is 13.2. The quantitative estimate of drug-likeness (QED) is 0.689. The van der Waals surface area contributed by atoms with Crippen LogP contribution in [0, 0.1) is 6.92 Å². The molecule has 0 bridgehead atoms. The number of nitrogens with zero attached hydrogens (tertiary/aromatic N) is 4. The van der Waals surface area contributed by atoms with Crippen LogP contribution >= 0.6 is 15.9 Å². The summed E-state index contributed by atoms with van der Waals surface area (Å²) in [6.45, 7) is 1.97. The third-order valence-corrected chi connectivity index (χ3v) is 6.42. The lowest BCUT2D eigenvalue weighted by molar-refractivity contribution is -0.121. The molecule has 2 amide bonds. The lowest BCUT2D eigenvalue weighted by atomic mass is 10.1. The molecule has 0 spiro atoms. The van der Waals surface area contributed by atoms with Crippen LogP contribution < -0.4 is 9.91 Å². The van der Waals surface area contributed by atoms with E-state index in [1.54, 1.807) is 5.01 Å². The summed E-state index contributed by atoms with van der Waals surface area (Å²) >= 11 is 3.48. The maximum Gasteiger partial charge on any atom is 0.263 e. The Bertz CT molecular complexity index is 1020. The second-order valence-corrected chi connectivity index (χ2v) is 8.05. The van der Waals surface area contributed by atoms with Crippen LogP contribution in [-0.2, 0) is 22.4 Å². The van der Waals surface area contributed by atoms with Gasteiger partial charge in [-0.1, -0.05) is 27.2 Å². The molecule has 2 aromatic rings. The van der Waals surface area contributed by atoms with Gasteiger partial charge in [-0.2, -0.15) is 5.11 Å². The molecule has 0 N–H and O–H groups in total. The molecule has 0 unspecified atom stereocenters. The highest BCUT2D eigenvalue weighted by atomic mass is 79.9. The lowest BCUT2D eigenvalue weighted by Crippen LogP contribution is -2.40. The van der Waals surface area contributed by atoms with Crippen molar-refractivity contribution in [2.75, 3.05) is 9.91 Å². The number of carbonyl (C=O) groups is 2. The smallest absolute Gasteiger partial charge is 0.263 e. The number of anilines is 2. The zero-order valence-electron chi connectivity index (χ0n) is 14.7. The van der Waals surface area contributed by atoms with E-state index in [-0.39, 0.29) is 11.8 Å². The van der Waals surface area contributed by atoms with Gasteiger partial charge < -0.3 is 0 Å². The van der Waals surface area contributed by atoms with Gasteiger partial charge in [-0.25, -0.2) is 9.91 Å². The van der Waals surface area contributed by atoms with Gasteiger partial charge >= 0.3 is 0 Å². The van der Waals surface area contributed by atoms with E-state index in [9.17, 15) is 9.59 Å². The summed E-state index contributed by atoms with van der Waals surface area (Å²) in [7, 11) is 0. The predicted octanol–water partition coefficient (Wildman–Crippen LogP) is 3.74. The molecule has 6 nitrogen and oxygen atoms in total. The number of carbonyl (C=O) groups excluding carboxylic acids is 2. The van der Waals surface area contributed by atoms with Crippen molar-refractivity contribution in [1.29, 1.82) is 0 Å². The van der Waals surface area contributed by atoms with Gasteiger partial charge in [0.25, 0.3) is 11.8 Å². The van der Waals surface area contributed by atoms with Gasteiger partial charge in [-0.15, -0.1) is 0 Å². The molecule has 27 heavy (non-hydrogen) atoms. The summed E-state index contributed by atoms with van der Waals surface area (Å²) in [5.41, 5.74) is 4.96. The first-order valence-electron chi connectivity index (χ1n) is 9.00. The SMILES string of the molecule is Cc1cc(N2N=N[C@H]3C(=O)N(c4ccc5c(c4)CCC5)C(=O)[C@H]32)ccc1Br. The fraction of sp³-hybridized carbons (Fsp3) is 0.300. The zero-order chi connectivity index (χ0) is 18.7. The number of hydrogen-bond donors (Lipinski definition) is 0. The number of halogens is 1. The minimum atomic E-state index is -0.783. The monoisotopic (exact) mass is 424 g/mol. The van der Waals surface area contributed by atoms with E-state index in [0.717, 1.165) is 35.0 Å². The van der Waals surface area contributed by atoms with Crippen molar-refractivity contribution in [3.8, 4) is 0 Å². The average molecular weight is 425 g/mol. The van der Waals surface area contributed by atoms with Crippen LogP contribution in [0.1, 0.15) is 23.1 Å². The highest BCUT2D eigenvalue weighted by Crippen LogP contribution is 2.37. The molecule has 2 aliphatic heterocycles. The summed E-state index contributed by atoms with van der Waals surface area (Å²) in [5, 5.41) is 9.80. The highest BCUT2D eigenvalue weighted by Gasteiger charge is 2.55. The average Bonchev–Trinajstić information content (AvgIpc) is 3.34. The van der Waals surface area contributed by atoms with E-state index in [0.29, 0.717) is 5.69 Å². The Morgan fingerprint density at radius 3 is 2.59 bits per heavy atom. The molecule has 2 heterocycles. The van der Waals surface area contributed by atoms with Crippen LogP contribution in [0.5, 0.6) is 0 Å². The van der Waals surface area contributed by atoms with Gasteiger partial charge in [0.05, 0.1) is 11.4 Å². The number of imide groups is 1. The summed E-state index contributed by atoms with van der Waals surface area (Å²) in [4.78, 5) is 27.4. The molecule has 1 aliphatic carbocycles. The Kier molecular flexibility index (Phi) is 3.69. The molecular weight excluding hydrogens is 408 g/mol. The van der Waals surface area contributed by atoms with Crippen molar-refractivity contribution in [2.24, 2.45) is 10.3 Å². The molecule has 5 rings (SSSR count). The Balaban J connectivity index is 1.50. The van der Waals surface area contributed by atoms with Gasteiger partial charge in [0.1, 0.15) is 0 Å². The normalized spacial score (nSPS) is 23.3. The van der Waals surface area contributed by atoms with Crippen molar-refractivity contribution in [3.63, 3.8) is 0 Å². The molecule has 7 heteroatoms. The van der Waals surface area contributed by atoms with Crippen molar-refractivity contribution >= 4 is 39.1 Å². The topological polar surface area (TPSA) is 65.3 Å². The fourth-order valence-electron chi connectivity index (χ4n) is 4.10. The van der Waals surface area contributed by atoms with Crippen LogP contribution in [0.3, 0.4) is 0 Å². The third-order valence-electron chi connectivity index (χ3n) is 5.53. The van der Waals surface area contributed by atoms with E-state index >= 15 is 0 Å². The predicted molar refractivity (Wildman–Crippen MR) is 105 cm³/mol. The summed E-state index contributed by atoms with van der Waals surface area (Å²) in [5.74, 6) is -0.573. The highest BCUT2D eigenvalue weighted by molar-refractivity contribution is 9.10. The van der Waals surface area contributed by atoms with Crippen molar-refractivity contribution in [1.82, 2.24) is 0 Å². The second kappa shape index (κ2) is 5.99. The van der Waals surface area contributed by atoms with E-state index in [4.69, 9.17) is 0 Å². The largest absolute Gasteiger partial charge is 0.271 e. The number of fused-ring (bicyclic) bond motifs is 2. The molecule has 1 fully saturated rings. The standard InChI is InChI=1S/C20H17BrN4O2/c1-11-9-15(7-8-16(11)21)25-18-17(22-23-25)19(26)24(20(18)27)14-6-5-12-3-2-4-13(12)10-14/h5-10,17-18H,2-4H2,1H3/t17-,18+/m1/s1. The van der Waals surface area contributed by atoms with E-state index < -0.39 is 12.1 Å². The molecule has 0 aromatic heterocycles. The minimum Gasteiger partial charge on any atom is -0.271 e. The van der Waals surface area contributed by atoms with Crippen LogP contribution in [0.15, 0.2) is 51.2 Å². The maximum atomic E-state index is 13.2. The zero-order valence-corrected chi connectivity index (χ0v) is 16.3. The first-order valence-corrected chi connectivity index (χ1v) is 9.79. The molecular formula is C20H17BrN4O2. The Labute approximate surface area is 165 Å². The number of benzene rings is 2. The van der Waals surface area contributed by atoms with E-state index in [2.05, 4.69) is 26.3 Å². The van der Waals surface area contributed by atoms with Crippen LogP contribution in [0.2, 0.25) is 0 Å². The fourth-order valence-corrected chi connectivity index (χ4v) is 4.34. The van der Waals surface area contributed by atoms with Crippen molar-refractivity contribution in [2.45, 2.75) is 38.3 Å². The number of aryl methyl sites for hydroxylation is 3. The number of hydrogen-bond acceptors (Lipinski definition) is 5. The van der Waals surface area contributed by atoms with Crippen molar-refractivity contribution < 1.29 is 9.59 Å².